The zero-order valence-corrected chi connectivity index (χ0v) is 13.2. The highest BCUT2D eigenvalue weighted by molar-refractivity contribution is 5.89. The van der Waals surface area contributed by atoms with E-state index in [1.165, 1.54) is 35.3 Å². The Hall–Kier alpha value is -3.88. The molecule has 0 aliphatic rings. The van der Waals surface area contributed by atoms with Crippen molar-refractivity contribution in [2.45, 2.75) is 0 Å². The van der Waals surface area contributed by atoms with E-state index in [4.69, 9.17) is 0 Å². The van der Waals surface area contributed by atoms with E-state index in [1.54, 1.807) is 30.5 Å². The maximum absolute atomic E-state index is 13.5. The average molecular weight is 350 g/mol. The summed E-state index contributed by atoms with van der Waals surface area (Å²) in [4.78, 5) is 18.8. The molecule has 0 amide bonds. The number of nitro benzene ring substituents is 1. The lowest BCUT2D eigenvalue weighted by Crippen LogP contribution is -2.00. The van der Waals surface area contributed by atoms with Crippen LogP contribution in [0.15, 0.2) is 61.1 Å². The molecule has 1 N–H and O–H groups in total. The van der Waals surface area contributed by atoms with Crippen molar-refractivity contribution in [2.24, 2.45) is 0 Å². The maximum atomic E-state index is 13.5. The van der Waals surface area contributed by atoms with Crippen molar-refractivity contribution in [1.82, 2.24) is 19.7 Å². The second-order valence-electron chi connectivity index (χ2n) is 5.43. The second-order valence-corrected chi connectivity index (χ2v) is 5.43. The van der Waals surface area contributed by atoms with Gasteiger partial charge in [-0.15, -0.1) is 0 Å². The SMILES string of the molecule is O=[N+]([O-])c1cccc(Nc2ncnc3c2cnn3-c2cccc(F)c2)c1. The predicted molar refractivity (Wildman–Crippen MR) is 93.0 cm³/mol. The van der Waals surface area contributed by atoms with Crippen LogP contribution in [0.4, 0.5) is 21.6 Å². The van der Waals surface area contributed by atoms with Gasteiger partial charge in [-0.2, -0.15) is 5.10 Å². The van der Waals surface area contributed by atoms with Gasteiger partial charge in [0.2, 0.25) is 0 Å². The fourth-order valence-electron chi connectivity index (χ4n) is 2.57. The largest absolute Gasteiger partial charge is 0.339 e. The molecule has 0 saturated heterocycles. The molecule has 4 rings (SSSR count). The van der Waals surface area contributed by atoms with Crippen LogP contribution in [0.25, 0.3) is 16.7 Å². The molecule has 0 aliphatic heterocycles. The molecule has 128 valence electrons. The molecule has 0 aliphatic carbocycles. The van der Waals surface area contributed by atoms with Crippen LogP contribution in [0.2, 0.25) is 0 Å². The summed E-state index contributed by atoms with van der Waals surface area (Å²) in [5.74, 6) is 0.0632. The molecule has 0 radical (unpaired) electrons. The van der Waals surface area contributed by atoms with Crippen molar-refractivity contribution in [2.75, 3.05) is 5.32 Å². The molecule has 9 heteroatoms. The number of benzene rings is 2. The quantitative estimate of drug-likeness (QED) is 0.446. The standard InChI is InChI=1S/C17H11FN6O2/c18-11-3-1-5-13(7-11)23-17-15(9-21-23)16(19-10-20-17)22-12-4-2-6-14(8-12)24(25)26/h1-10H,(H,19,20,22). The molecule has 2 aromatic heterocycles. The highest BCUT2D eigenvalue weighted by Gasteiger charge is 2.13. The van der Waals surface area contributed by atoms with Crippen LogP contribution in [0.3, 0.4) is 0 Å². The summed E-state index contributed by atoms with van der Waals surface area (Å²) in [5, 5.41) is 18.8. The highest BCUT2D eigenvalue weighted by Crippen LogP contribution is 2.26. The Labute approximate surface area is 146 Å². The van der Waals surface area contributed by atoms with Gasteiger partial charge in [-0.25, -0.2) is 19.0 Å². The summed E-state index contributed by atoms with van der Waals surface area (Å²) in [6, 6.07) is 12.1. The van der Waals surface area contributed by atoms with Crippen LogP contribution in [-0.4, -0.2) is 24.7 Å². The lowest BCUT2D eigenvalue weighted by Gasteiger charge is -2.07. The van der Waals surface area contributed by atoms with Gasteiger partial charge in [-0.05, 0) is 24.3 Å². The third kappa shape index (κ3) is 2.81. The number of halogens is 1. The van der Waals surface area contributed by atoms with Gasteiger partial charge in [0.25, 0.3) is 5.69 Å². The maximum Gasteiger partial charge on any atom is 0.271 e. The fourth-order valence-corrected chi connectivity index (χ4v) is 2.57. The molecule has 0 unspecified atom stereocenters. The molecule has 0 fully saturated rings. The van der Waals surface area contributed by atoms with Gasteiger partial charge in [0.05, 0.1) is 22.2 Å². The van der Waals surface area contributed by atoms with Crippen molar-refractivity contribution >= 4 is 28.2 Å². The van der Waals surface area contributed by atoms with E-state index in [2.05, 4.69) is 20.4 Å². The Kier molecular flexibility index (Phi) is 3.73. The minimum absolute atomic E-state index is 0.0317. The number of anilines is 2. The Bertz CT molecular complexity index is 1130. The Morgan fingerprint density at radius 1 is 1.12 bits per heavy atom. The van der Waals surface area contributed by atoms with Crippen LogP contribution in [0.5, 0.6) is 0 Å². The molecular weight excluding hydrogens is 339 g/mol. The topological polar surface area (TPSA) is 98.8 Å². The highest BCUT2D eigenvalue weighted by atomic mass is 19.1. The molecule has 26 heavy (non-hydrogen) atoms. The summed E-state index contributed by atoms with van der Waals surface area (Å²) < 4.78 is 15.0. The van der Waals surface area contributed by atoms with E-state index >= 15 is 0 Å². The minimum Gasteiger partial charge on any atom is -0.339 e. The van der Waals surface area contributed by atoms with Crippen molar-refractivity contribution in [3.05, 3.63) is 77.0 Å². The number of hydrogen-bond donors (Lipinski definition) is 1. The van der Waals surface area contributed by atoms with Crippen LogP contribution in [-0.2, 0) is 0 Å². The normalized spacial score (nSPS) is 10.8. The summed E-state index contributed by atoms with van der Waals surface area (Å²) in [7, 11) is 0. The van der Waals surface area contributed by atoms with Crippen molar-refractivity contribution in [3.8, 4) is 5.69 Å². The first-order valence-corrected chi connectivity index (χ1v) is 7.58. The van der Waals surface area contributed by atoms with Crippen molar-refractivity contribution < 1.29 is 9.31 Å². The molecule has 4 aromatic rings. The van der Waals surface area contributed by atoms with Gasteiger partial charge in [0.1, 0.15) is 18.0 Å². The number of nitrogens with zero attached hydrogens (tertiary/aromatic N) is 5. The van der Waals surface area contributed by atoms with Gasteiger partial charge in [-0.3, -0.25) is 10.1 Å². The molecule has 0 bridgehead atoms. The lowest BCUT2D eigenvalue weighted by atomic mass is 10.2. The van der Waals surface area contributed by atoms with Crippen LogP contribution >= 0.6 is 0 Å². The lowest BCUT2D eigenvalue weighted by molar-refractivity contribution is -0.384. The van der Waals surface area contributed by atoms with Gasteiger partial charge in [0.15, 0.2) is 5.65 Å². The molecule has 2 aromatic carbocycles. The van der Waals surface area contributed by atoms with E-state index in [9.17, 15) is 14.5 Å². The summed E-state index contributed by atoms with van der Waals surface area (Å²) >= 11 is 0. The van der Waals surface area contributed by atoms with E-state index in [0.717, 1.165) is 0 Å². The molecular formula is C17H11FN6O2. The molecule has 2 heterocycles. The van der Waals surface area contributed by atoms with Crippen molar-refractivity contribution in [3.63, 3.8) is 0 Å². The molecule has 8 nitrogen and oxygen atoms in total. The third-order valence-corrected chi connectivity index (χ3v) is 3.74. The number of hydrogen-bond acceptors (Lipinski definition) is 6. The summed E-state index contributed by atoms with van der Waals surface area (Å²) in [5.41, 5.74) is 1.49. The number of nitro groups is 1. The van der Waals surface area contributed by atoms with Gasteiger partial charge in [0, 0.05) is 17.8 Å². The average Bonchev–Trinajstić information content (AvgIpc) is 3.07. The van der Waals surface area contributed by atoms with Crippen LogP contribution in [0, 0.1) is 15.9 Å². The van der Waals surface area contributed by atoms with E-state index in [0.29, 0.717) is 28.2 Å². The first-order valence-electron chi connectivity index (χ1n) is 7.58. The van der Waals surface area contributed by atoms with Gasteiger partial charge in [-0.1, -0.05) is 12.1 Å². The number of fused-ring (bicyclic) bond motifs is 1. The van der Waals surface area contributed by atoms with E-state index in [1.807, 2.05) is 0 Å². The van der Waals surface area contributed by atoms with Gasteiger partial charge < -0.3 is 5.32 Å². The zero-order chi connectivity index (χ0) is 18.1. The second kappa shape index (κ2) is 6.20. The zero-order valence-electron chi connectivity index (χ0n) is 13.2. The summed E-state index contributed by atoms with van der Waals surface area (Å²) in [6.07, 6.45) is 2.90. The Morgan fingerprint density at radius 2 is 1.96 bits per heavy atom. The number of non-ortho nitro benzene ring substituents is 1. The Balaban J connectivity index is 1.76. The van der Waals surface area contributed by atoms with Crippen LogP contribution < -0.4 is 5.32 Å². The third-order valence-electron chi connectivity index (χ3n) is 3.74. The predicted octanol–water partition coefficient (Wildman–Crippen LogP) is 3.61. The number of aromatic nitrogens is 4. The smallest absolute Gasteiger partial charge is 0.271 e. The molecule has 0 atom stereocenters. The van der Waals surface area contributed by atoms with E-state index < -0.39 is 4.92 Å². The number of nitrogens with one attached hydrogen (secondary N) is 1. The monoisotopic (exact) mass is 350 g/mol. The minimum atomic E-state index is -0.470. The van der Waals surface area contributed by atoms with Crippen LogP contribution in [0.1, 0.15) is 0 Å². The first-order chi connectivity index (χ1) is 12.6. The van der Waals surface area contributed by atoms with E-state index in [-0.39, 0.29) is 11.5 Å². The Morgan fingerprint density at radius 3 is 2.77 bits per heavy atom. The number of rotatable bonds is 4. The molecule has 0 spiro atoms. The summed E-state index contributed by atoms with van der Waals surface area (Å²) in [6.45, 7) is 0. The van der Waals surface area contributed by atoms with Crippen molar-refractivity contribution in [1.29, 1.82) is 0 Å². The molecule has 0 saturated carbocycles. The van der Waals surface area contributed by atoms with Gasteiger partial charge >= 0.3 is 0 Å². The fraction of sp³-hybridized carbons (Fsp3) is 0. The first kappa shape index (κ1) is 15.6.